The number of likely N-dealkylation sites (tertiary alicyclic amines) is 1. The molecule has 1 saturated carbocycles. The minimum atomic E-state index is -3.36. The van der Waals surface area contributed by atoms with Crippen LogP contribution in [0.5, 0.6) is 0 Å². The van der Waals surface area contributed by atoms with Gasteiger partial charge in [-0.25, -0.2) is 8.42 Å². The number of benzene rings is 2. The van der Waals surface area contributed by atoms with Gasteiger partial charge in [-0.2, -0.15) is 0 Å². The van der Waals surface area contributed by atoms with Crippen LogP contribution in [-0.2, 0) is 15.4 Å². The fraction of sp³-hybridized carbons (Fsp3) is 0.480. The van der Waals surface area contributed by atoms with E-state index in [0.717, 1.165) is 25.7 Å². The van der Waals surface area contributed by atoms with Crippen molar-refractivity contribution in [3.8, 4) is 0 Å². The van der Waals surface area contributed by atoms with E-state index in [-0.39, 0.29) is 22.8 Å². The van der Waals surface area contributed by atoms with Gasteiger partial charge in [-0.3, -0.25) is 4.79 Å². The molecular formula is C25H33NO4S. The number of amides is 1. The number of aliphatic hydroxyl groups is 1. The average Bonchev–Trinajstić information content (AvgIpc) is 2.80. The molecule has 2 aromatic rings. The lowest BCUT2D eigenvalue weighted by atomic mass is 9.66. The quantitative estimate of drug-likeness (QED) is 0.763. The van der Waals surface area contributed by atoms with E-state index in [4.69, 9.17) is 0 Å². The summed E-state index contributed by atoms with van der Waals surface area (Å²) in [6.45, 7) is 4.45. The minimum Gasteiger partial charge on any atom is -0.385 e. The molecule has 1 aliphatic carbocycles. The van der Waals surface area contributed by atoms with Crippen molar-refractivity contribution in [3.05, 3.63) is 65.7 Å². The van der Waals surface area contributed by atoms with Gasteiger partial charge >= 0.3 is 0 Å². The Morgan fingerprint density at radius 1 is 1.03 bits per heavy atom. The number of carbonyl (C=O) groups excluding carboxylic acids is 1. The number of nitrogens with zero attached hydrogens (tertiary/aromatic N) is 1. The van der Waals surface area contributed by atoms with Crippen LogP contribution >= 0.6 is 0 Å². The SMILES string of the molecule is CC.CS(=O)(=O)c1cccc(C2(O)CCN(C(=O)c3ccccc3)C3CCCC[C@@H]32)c1. The molecule has 5 nitrogen and oxygen atoms in total. The topological polar surface area (TPSA) is 74.7 Å². The van der Waals surface area contributed by atoms with E-state index in [1.807, 2.05) is 55.1 Å². The molecule has 1 N–H and O–H groups in total. The number of piperidine rings is 1. The Balaban J connectivity index is 0.00000132. The molecule has 168 valence electrons. The molecule has 2 fully saturated rings. The number of sulfone groups is 1. The zero-order chi connectivity index (χ0) is 22.6. The molecule has 0 spiro atoms. The predicted molar refractivity (Wildman–Crippen MR) is 123 cm³/mol. The summed E-state index contributed by atoms with van der Waals surface area (Å²) < 4.78 is 24.0. The Kier molecular flexibility index (Phi) is 7.22. The molecule has 0 aromatic heterocycles. The second kappa shape index (κ2) is 9.53. The Labute approximate surface area is 186 Å². The van der Waals surface area contributed by atoms with Crippen LogP contribution in [0.4, 0.5) is 0 Å². The maximum atomic E-state index is 13.2. The third kappa shape index (κ3) is 4.70. The van der Waals surface area contributed by atoms with Crippen molar-refractivity contribution in [3.63, 3.8) is 0 Å². The smallest absolute Gasteiger partial charge is 0.254 e. The Hall–Kier alpha value is -2.18. The number of hydrogen-bond donors (Lipinski definition) is 1. The molecule has 1 heterocycles. The van der Waals surface area contributed by atoms with Gasteiger partial charge in [0.25, 0.3) is 5.91 Å². The Morgan fingerprint density at radius 2 is 1.71 bits per heavy atom. The zero-order valence-electron chi connectivity index (χ0n) is 18.6. The van der Waals surface area contributed by atoms with Crippen LogP contribution in [-0.4, -0.2) is 43.2 Å². The van der Waals surface area contributed by atoms with Crippen molar-refractivity contribution in [2.75, 3.05) is 12.8 Å². The van der Waals surface area contributed by atoms with Gasteiger partial charge < -0.3 is 10.0 Å². The van der Waals surface area contributed by atoms with Crippen molar-refractivity contribution in [1.82, 2.24) is 4.90 Å². The average molecular weight is 444 g/mol. The summed E-state index contributed by atoms with van der Waals surface area (Å²) in [7, 11) is -3.36. The van der Waals surface area contributed by atoms with E-state index in [1.54, 1.807) is 18.2 Å². The first-order valence-corrected chi connectivity index (χ1v) is 13.1. The lowest BCUT2D eigenvalue weighted by Crippen LogP contribution is -2.59. The normalized spacial score (nSPS) is 25.7. The Morgan fingerprint density at radius 3 is 2.39 bits per heavy atom. The second-order valence-electron chi connectivity index (χ2n) is 8.30. The summed E-state index contributed by atoms with van der Waals surface area (Å²) in [5.41, 5.74) is 0.185. The number of hydrogen-bond acceptors (Lipinski definition) is 4. The highest BCUT2D eigenvalue weighted by molar-refractivity contribution is 7.90. The van der Waals surface area contributed by atoms with Crippen LogP contribution in [0.3, 0.4) is 0 Å². The third-order valence-electron chi connectivity index (χ3n) is 6.52. The fourth-order valence-electron chi connectivity index (χ4n) is 5.04. The summed E-state index contributed by atoms with van der Waals surface area (Å²) in [6.07, 6.45) is 5.29. The first-order valence-electron chi connectivity index (χ1n) is 11.2. The zero-order valence-corrected chi connectivity index (χ0v) is 19.4. The molecule has 2 aromatic carbocycles. The van der Waals surface area contributed by atoms with Gasteiger partial charge in [0.15, 0.2) is 9.84 Å². The highest BCUT2D eigenvalue weighted by atomic mass is 32.2. The number of rotatable bonds is 3. The first kappa shape index (κ1) is 23.5. The van der Waals surface area contributed by atoms with E-state index in [0.29, 0.717) is 24.1 Å². The molecule has 6 heteroatoms. The van der Waals surface area contributed by atoms with E-state index in [9.17, 15) is 18.3 Å². The largest absolute Gasteiger partial charge is 0.385 e. The summed E-state index contributed by atoms with van der Waals surface area (Å²) in [6, 6.07) is 15.9. The molecule has 2 unspecified atom stereocenters. The molecule has 4 rings (SSSR count). The lowest BCUT2D eigenvalue weighted by molar-refractivity contribution is -0.110. The molecule has 31 heavy (non-hydrogen) atoms. The van der Waals surface area contributed by atoms with Gasteiger partial charge in [0, 0.05) is 30.3 Å². The van der Waals surface area contributed by atoms with Gasteiger partial charge in [0.05, 0.1) is 10.5 Å². The molecular weight excluding hydrogens is 410 g/mol. The van der Waals surface area contributed by atoms with Crippen LogP contribution in [0, 0.1) is 5.92 Å². The fourth-order valence-corrected chi connectivity index (χ4v) is 5.70. The second-order valence-corrected chi connectivity index (χ2v) is 10.3. The molecule has 0 radical (unpaired) electrons. The van der Waals surface area contributed by atoms with Gasteiger partial charge in [-0.05, 0) is 49.1 Å². The van der Waals surface area contributed by atoms with Crippen LogP contribution in [0.1, 0.15) is 61.9 Å². The van der Waals surface area contributed by atoms with Gasteiger partial charge in [0.2, 0.25) is 0 Å². The maximum absolute atomic E-state index is 13.2. The summed E-state index contributed by atoms with van der Waals surface area (Å²) in [4.78, 5) is 15.3. The summed E-state index contributed by atoms with van der Waals surface area (Å²) in [5.74, 6) is -0.0955. The van der Waals surface area contributed by atoms with E-state index in [2.05, 4.69) is 0 Å². The summed E-state index contributed by atoms with van der Waals surface area (Å²) >= 11 is 0. The highest BCUT2D eigenvalue weighted by Gasteiger charge is 2.50. The highest BCUT2D eigenvalue weighted by Crippen LogP contribution is 2.47. The van der Waals surface area contributed by atoms with Crippen LogP contribution in [0.2, 0.25) is 0 Å². The lowest BCUT2D eigenvalue weighted by Gasteiger charge is -2.52. The Bertz CT molecular complexity index is 1010. The van der Waals surface area contributed by atoms with Crippen molar-refractivity contribution >= 4 is 15.7 Å². The monoisotopic (exact) mass is 443 g/mol. The van der Waals surface area contributed by atoms with Crippen LogP contribution < -0.4 is 0 Å². The van der Waals surface area contributed by atoms with Crippen molar-refractivity contribution < 1.29 is 18.3 Å². The van der Waals surface area contributed by atoms with Crippen LogP contribution in [0.25, 0.3) is 0 Å². The van der Waals surface area contributed by atoms with Gasteiger partial charge in [-0.1, -0.05) is 57.0 Å². The molecule has 1 saturated heterocycles. The third-order valence-corrected chi connectivity index (χ3v) is 7.63. The molecule has 2 aliphatic rings. The first-order chi connectivity index (χ1) is 14.8. The van der Waals surface area contributed by atoms with Crippen molar-refractivity contribution in [2.24, 2.45) is 5.92 Å². The minimum absolute atomic E-state index is 0.00874. The molecule has 0 bridgehead atoms. The van der Waals surface area contributed by atoms with Crippen LogP contribution in [0.15, 0.2) is 59.5 Å². The predicted octanol–water partition coefficient (Wildman–Crippen LogP) is 4.41. The standard InChI is InChI=1S/C23H27NO4S.C2H6/c1-29(27,28)19-11-7-10-18(16-19)23(26)14-15-24(21-13-6-5-12-20(21)23)22(25)17-8-3-2-4-9-17;1-2/h2-4,7-11,16,20-21,26H,5-6,12-15H2,1H3;1-2H3/t20-,21?,23?;/m0./s1. The van der Waals surface area contributed by atoms with E-state index < -0.39 is 15.4 Å². The van der Waals surface area contributed by atoms with Gasteiger partial charge in [0.1, 0.15) is 0 Å². The van der Waals surface area contributed by atoms with Crippen molar-refractivity contribution in [2.45, 2.75) is 62.5 Å². The number of fused-ring (bicyclic) bond motifs is 1. The summed E-state index contributed by atoms with van der Waals surface area (Å²) in [5, 5.41) is 11.8. The van der Waals surface area contributed by atoms with Gasteiger partial charge in [-0.15, -0.1) is 0 Å². The number of carbonyl (C=O) groups is 1. The molecule has 3 atom stereocenters. The molecule has 1 amide bonds. The van der Waals surface area contributed by atoms with Crippen molar-refractivity contribution in [1.29, 1.82) is 0 Å². The van der Waals surface area contributed by atoms with E-state index >= 15 is 0 Å². The van der Waals surface area contributed by atoms with E-state index in [1.165, 1.54) is 6.26 Å². The molecule has 1 aliphatic heterocycles. The maximum Gasteiger partial charge on any atom is 0.254 e.